The summed E-state index contributed by atoms with van der Waals surface area (Å²) < 4.78 is 5.50. The fraction of sp³-hybridized carbons (Fsp3) is 0.875. The van der Waals surface area contributed by atoms with Crippen LogP contribution in [0, 0.1) is 6.10 Å². The van der Waals surface area contributed by atoms with Crippen LogP contribution in [-0.2, 0) is 4.74 Å². The van der Waals surface area contributed by atoms with Gasteiger partial charge in [0, 0.05) is 0 Å². The minimum atomic E-state index is 0.328. The lowest BCUT2D eigenvalue weighted by Crippen LogP contribution is -2.05. The first-order valence-electron chi connectivity index (χ1n) is 3.93. The molecule has 2 fully saturated rings. The van der Waals surface area contributed by atoms with E-state index in [1.54, 1.807) is 0 Å². The van der Waals surface area contributed by atoms with Crippen LogP contribution in [0.3, 0.4) is 0 Å². The van der Waals surface area contributed by atoms with Crippen LogP contribution in [0.15, 0.2) is 0 Å². The molecule has 0 aromatic heterocycles. The highest BCUT2D eigenvalue weighted by atomic mass is 16.6. The van der Waals surface area contributed by atoms with Crippen molar-refractivity contribution in [3.05, 3.63) is 6.10 Å². The van der Waals surface area contributed by atoms with Gasteiger partial charge in [-0.2, -0.15) is 0 Å². The summed E-state index contributed by atoms with van der Waals surface area (Å²) in [6, 6.07) is 0. The summed E-state index contributed by atoms with van der Waals surface area (Å²) in [6.45, 7) is 2.23. The molecule has 1 heterocycles. The van der Waals surface area contributed by atoms with Crippen LogP contribution in [-0.4, -0.2) is 5.60 Å². The molecular weight excluding hydrogens is 112 g/mol. The third-order valence-corrected chi connectivity index (χ3v) is 2.42. The molecule has 1 atom stereocenters. The molecule has 0 spiro atoms. The Balaban J connectivity index is 1.95. The molecule has 9 heavy (non-hydrogen) atoms. The number of rotatable bonds is 2. The fourth-order valence-electron chi connectivity index (χ4n) is 1.93. The molecule has 0 N–H and O–H groups in total. The van der Waals surface area contributed by atoms with Crippen molar-refractivity contribution in [2.75, 3.05) is 0 Å². The van der Waals surface area contributed by atoms with Gasteiger partial charge in [0.05, 0.1) is 0 Å². The fourth-order valence-corrected chi connectivity index (χ4v) is 1.93. The van der Waals surface area contributed by atoms with Crippen molar-refractivity contribution in [1.82, 2.24) is 0 Å². The Kier molecular flexibility index (Phi) is 1.10. The van der Waals surface area contributed by atoms with Gasteiger partial charge in [0.15, 0.2) is 0 Å². The lowest BCUT2D eigenvalue weighted by atomic mass is 10.0. The third kappa shape index (κ3) is 0.710. The van der Waals surface area contributed by atoms with Gasteiger partial charge >= 0.3 is 0 Å². The van der Waals surface area contributed by atoms with E-state index in [9.17, 15) is 0 Å². The molecule has 0 bridgehead atoms. The molecule has 1 unspecified atom stereocenters. The van der Waals surface area contributed by atoms with E-state index in [1.807, 2.05) is 0 Å². The first-order valence-corrected chi connectivity index (χ1v) is 3.93. The van der Waals surface area contributed by atoms with Gasteiger partial charge in [0.1, 0.15) is 11.7 Å². The second kappa shape index (κ2) is 1.72. The molecule has 1 radical (unpaired) electrons. The predicted octanol–water partition coefficient (Wildman–Crippen LogP) is 2.27. The Labute approximate surface area is 56.4 Å². The molecule has 2 aliphatic rings. The average molecular weight is 125 g/mol. The summed E-state index contributed by atoms with van der Waals surface area (Å²) in [6.07, 6.45) is 7.86. The van der Waals surface area contributed by atoms with Crippen LogP contribution in [0.5, 0.6) is 0 Å². The van der Waals surface area contributed by atoms with E-state index in [0.717, 1.165) is 0 Å². The highest BCUT2D eigenvalue weighted by Gasteiger charge is 2.59. The summed E-state index contributed by atoms with van der Waals surface area (Å²) in [5.41, 5.74) is 0.328. The minimum absolute atomic E-state index is 0.328. The zero-order chi connectivity index (χ0) is 6.32. The second-order valence-electron chi connectivity index (χ2n) is 3.12. The smallest absolute Gasteiger partial charge is 0.130 e. The Morgan fingerprint density at radius 3 is 3.00 bits per heavy atom. The largest absolute Gasteiger partial charge is 0.359 e. The van der Waals surface area contributed by atoms with Gasteiger partial charge in [0.2, 0.25) is 0 Å². The maximum absolute atomic E-state index is 5.50. The van der Waals surface area contributed by atoms with Crippen molar-refractivity contribution in [2.24, 2.45) is 0 Å². The van der Waals surface area contributed by atoms with Crippen molar-refractivity contribution < 1.29 is 4.74 Å². The molecule has 1 aliphatic heterocycles. The van der Waals surface area contributed by atoms with Crippen molar-refractivity contribution in [2.45, 2.75) is 44.6 Å². The molecule has 51 valence electrons. The molecule has 0 amide bonds. The maximum Gasteiger partial charge on any atom is 0.130 e. The molecule has 0 aromatic carbocycles. The SMILES string of the molecule is CCCC12CCC[C]1O2. The quantitative estimate of drug-likeness (QED) is 0.516. The Morgan fingerprint density at radius 2 is 2.56 bits per heavy atom. The molecular formula is C8H13O. The Bertz CT molecular complexity index is 122. The van der Waals surface area contributed by atoms with Crippen LogP contribution < -0.4 is 0 Å². The molecule has 0 aromatic rings. The van der Waals surface area contributed by atoms with Gasteiger partial charge in [-0.05, 0) is 25.7 Å². The summed E-state index contributed by atoms with van der Waals surface area (Å²) in [4.78, 5) is 0. The van der Waals surface area contributed by atoms with Crippen molar-refractivity contribution in [3.63, 3.8) is 0 Å². The van der Waals surface area contributed by atoms with E-state index in [2.05, 4.69) is 6.92 Å². The van der Waals surface area contributed by atoms with E-state index in [0.29, 0.717) is 5.60 Å². The molecule has 2 rings (SSSR count). The van der Waals surface area contributed by atoms with E-state index in [4.69, 9.17) is 4.74 Å². The van der Waals surface area contributed by atoms with Crippen LogP contribution in [0.25, 0.3) is 0 Å². The third-order valence-electron chi connectivity index (χ3n) is 2.42. The highest BCUT2D eigenvalue weighted by molar-refractivity contribution is 5.21. The molecule has 1 saturated heterocycles. The van der Waals surface area contributed by atoms with Gasteiger partial charge in [-0.25, -0.2) is 0 Å². The molecule has 1 aliphatic carbocycles. The predicted molar refractivity (Wildman–Crippen MR) is 35.8 cm³/mol. The summed E-state index contributed by atoms with van der Waals surface area (Å²) in [7, 11) is 0. The van der Waals surface area contributed by atoms with Crippen molar-refractivity contribution in [1.29, 1.82) is 0 Å². The Hall–Kier alpha value is -0.0400. The van der Waals surface area contributed by atoms with Crippen LogP contribution in [0.2, 0.25) is 0 Å². The van der Waals surface area contributed by atoms with Gasteiger partial charge in [0.25, 0.3) is 0 Å². The number of ether oxygens (including phenoxy) is 1. The van der Waals surface area contributed by atoms with Crippen LogP contribution in [0.4, 0.5) is 0 Å². The van der Waals surface area contributed by atoms with Gasteiger partial charge in [-0.15, -0.1) is 0 Å². The zero-order valence-corrected chi connectivity index (χ0v) is 5.94. The monoisotopic (exact) mass is 125 g/mol. The average Bonchev–Trinajstić information content (AvgIpc) is 2.37. The first kappa shape index (κ1) is 5.72. The lowest BCUT2D eigenvalue weighted by molar-refractivity contribution is 0.253. The molecule has 1 nitrogen and oxygen atoms in total. The summed E-state index contributed by atoms with van der Waals surface area (Å²) >= 11 is 0. The molecule has 1 saturated carbocycles. The first-order chi connectivity index (χ1) is 4.37. The minimum Gasteiger partial charge on any atom is -0.359 e. The van der Waals surface area contributed by atoms with E-state index in [-0.39, 0.29) is 0 Å². The summed E-state index contributed by atoms with van der Waals surface area (Å²) in [5.74, 6) is 0. The standard InChI is InChI=1S/C8H13O/c1-2-5-8-6-3-4-7(8)9-8/h2-6H2,1H3. The molecule has 1 heteroatoms. The van der Waals surface area contributed by atoms with E-state index >= 15 is 0 Å². The normalized spacial score (nSPS) is 41.0. The highest BCUT2D eigenvalue weighted by Crippen LogP contribution is 2.58. The van der Waals surface area contributed by atoms with Crippen LogP contribution in [0.1, 0.15) is 39.0 Å². The van der Waals surface area contributed by atoms with Gasteiger partial charge in [-0.3, -0.25) is 0 Å². The van der Waals surface area contributed by atoms with Crippen molar-refractivity contribution in [3.8, 4) is 0 Å². The number of fused-ring (bicyclic) bond motifs is 1. The number of epoxide rings is 1. The Morgan fingerprint density at radius 1 is 1.67 bits per heavy atom. The van der Waals surface area contributed by atoms with E-state index < -0.39 is 0 Å². The van der Waals surface area contributed by atoms with Crippen molar-refractivity contribution >= 4 is 0 Å². The second-order valence-corrected chi connectivity index (χ2v) is 3.12. The lowest BCUT2D eigenvalue weighted by Gasteiger charge is -2.03. The van der Waals surface area contributed by atoms with Crippen LogP contribution >= 0.6 is 0 Å². The zero-order valence-electron chi connectivity index (χ0n) is 5.94. The van der Waals surface area contributed by atoms with Gasteiger partial charge < -0.3 is 4.74 Å². The number of hydrogen-bond donors (Lipinski definition) is 0. The number of hydrogen-bond acceptors (Lipinski definition) is 1. The maximum atomic E-state index is 5.50. The topological polar surface area (TPSA) is 12.5 Å². The summed E-state index contributed by atoms with van der Waals surface area (Å²) in [5, 5.41) is 0. The van der Waals surface area contributed by atoms with E-state index in [1.165, 1.54) is 38.2 Å². The van der Waals surface area contributed by atoms with Gasteiger partial charge in [-0.1, -0.05) is 13.3 Å².